The highest BCUT2D eigenvalue weighted by atomic mass is 16.5. The summed E-state index contributed by atoms with van der Waals surface area (Å²) in [6.45, 7) is 2.29. The Morgan fingerprint density at radius 3 is 2.52 bits per heavy atom. The zero-order chi connectivity index (χ0) is 15.4. The number of carbonyl (C=O) groups excluding carboxylic acids is 1. The first kappa shape index (κ1) is 15.4. The van der Waals surface area contributed by atoms with E-state index >= 15 is 0 Å². The first-order valence-corrected chi connectivity index (χ1v) is 7.16. The number of hydrogen-bond donors (Lipinski definition) is 1. The first-order chi connectivity index (χ1) is 10.0. The van der Waals surface area contributed by atoms with Gasteiger partial charge in [0.05, 0.1) is 19.4 Å². The number of carboxylic acids is 1. The maximum Gasteiger partial charge on any atom is 0.308 e. The van der Waals surface area contributed by atoms with Crippen LogP contribution in [0.25, 0.3) is 0 Å². The van der Waals surface area contributed by atoms with Crippen molar-refractivity contribution in [3.05, 3.63) is 29.8 Å². The number of amides is 1. The van der Waals surface area contributed by atoms with Gasteiger partial charge in [-0.2, -0.15) is 0 Å². The molecule has 0 saturated carbocycles. The third-order valence-corrected chi connectivity index (χ3v) is 4.07. The Labute approximate surface area is 124 Å². The summed E-state index contributed by atoms with van der Waals surface area (Å²) in [6.07, 6.45) is 1.68. The molecule has 21 heavy (non-hydrogen) atoms. The molecule has 0 aromatic heterocycles. The van der Waals surface area contributed by atoms with E-state index in [0.29, 0.717) is 19.4 Å². The maximum absolute atomic E-state index is 12.4. The molecule has 1 fully saturated rings. The van der Waals surface area contributed by atoms with Gasteiger partial charge in [-0.25, -0.2) is 0 Å². The van der Waals surface area contributed by atoms with Gasteiger partial charge in [-0.3, -0.25) is 9.59 Å². The lowest BCUT2D eigenvalue weighted by Gasteiger charge is -2.36. The van der Waals surface area contributed by atoms with Crippen molar-refractivity contribution in [2.24, 2.45) is 5.92 Å². The molecule has 1 amide bonds. The van der Waals surface area contributed by atoms with Crippen molar-refractivity contribution in [1.29, 1.82) is 0 Å². The minimum absolute atomic E-state index is 0.0152. The second-order valence-corrected chi connectivity index (χ2v) is 5.53. The van der Waals surface area contributed by atoms with E-state index in [2.05, 4.69) is 0 Å². The Bertz CT molecular complexity index is 512. The van der Waals surface area contributed by atoms with Crippen LogP contribution in [0, 0.1) is 5.92 Å². The Balaban J connectivity index is 2.01. The van der Waals surface area contributed by atoms with Gasteiger partial charge in [0.1, 0.15) is 5.75 Å². The lowest BCUT2D eigenvalue weighted by Crippen LogP contribution is -2.47. The van der Waals surface area contributed by atoms with Crippen LogP contribution in [0.4, 0.5) is 0 Å². The minimum Gasteiger partial charge on any atom is -0.497 e. The number of aliphatic carboxylic acids is 1. The number of carboxylic acid groups (broad SMARTS) is 1. The molecule has 5 nitrogen and oxygen atoms in total. The summed E-state index contributed by atoms with van der Waals surface area (Å²) in [5.74, 6) is -0.521. The van der Waals surface area contributed by atoms with Crippen LogP contribution < -0.4 is 4.74 Å². The van der Waals surface area contributed by atoms with Crippen molar-refractivity contribution in [3.8, 4) is 5.75 Å². The number of benzene rings is 1. The Hall–Kier alpha value is -2.04. The molecule has 2 atom stereocenters. The number of piperidine rings is 1. The molecule has 0 spiro atoms. The third-order valence-electron chi connectivity index (χ3n) is 4.07. The predicted molar refractivity (Wildman–Crippen MR) is 78.2 cm³/mol. The number of rotatable bonds is 4. The van der Waals surface area contributed by atoms with Gasteiger partial charge in [0.2, 0.25) is 5.91 Å². The van der Waals surface area contributed by atoms with Crippen LogP contribution in [0.2, 0.25) is 0 Å². The fraction of sp³-hybridized carbons (Fsp3) is 0.500. The van der Waals surface area contributed by atoms with Crippen molar-refractivity contribution in [3.63, 3.8) is 0 Å². The van der Waals surface area contributed by atoms with Crippen molar-refractivity contribution < 1.29 is 19.4 Å². The summed E-state index contributed by atoms with van der Waals surface area (Å²) in [5, 5.41) is 9.12. The summed E-state index contributed by atoms with van der Waals surface area (Å²) in [6, 6.07) is 7.47. The average molecular weight is 291 g/mol. The highest BCUT2D eigenvalue weighted by Gasteiger charge is 2.32. The fourth-order valence-electron chi connectivity index (χ4n) is 2.68. The molecule has 0 bridgehead atoms. The van der Waals surface area contributed by atoms with Crippen molar-refractivity contribution in [2.75, 3.05) is 13.7 Å². The van der Waals surface area contributed by atoms with E-state index in [0.717, 1.165) is 17.7 Å². The third kappa shape index (κ3) is 3.74. The van der Waals surface area contributed by atoms with E-state index in [1.165, 1.54) is 0 Å². The molecule has 2 unspecified atom stereocenters. The summed E-state index contributed by atoms with van der Waals surface area (Å²) in [5.41, 5.74) is 0.908. The Morgan fingerprint density at radius 2 is 1.95 bits per heavy atom. The maximum atomic E-state index is 12.4. The van der Waals surface area contributed by atoms with E-state index in [1.54, 1.807) is 12.0 Å². The molecular weight excluding hydrogens is 270 g/mol. The first-order valence-electron chi connectivity index (χ1n) is 7.16. The SMILES string of the molecule is COc1ccc(CC(=O)N2CC(C(=O)O)CCC2C)cc1. The van der Waals surface area contributed by atoms with Gasteiger partial charge in [0, 0.05) is 12.6 Å². The Morgan fingerprint density at radius 1 is 1.29 bits per heavy atom. The molecule has 1 N–H and O–H groups in total. The second-order valence-electron chi connectivity index (χ2n) is 5.53. The van der Waals surface area contributed by atoms with Gasteiger partial charge in [0.25, 0.3) is 0 Å². The molecule has 1 heterocycles. The van der Waals surface area contributed by atoms with Gasteiger partial charge >= 0.3 is 5.97 Å². The van der Waals surface area contributed by atoms with E-state index in [4.69, 9.17) is 9.84 Å². The zero-order valence-electron chi connectivity index (χ0n) is 12.4. The van der Waals surface area contributed by atoms with Gasteiger partial charge in [-0.15, -0.1) is 0 Å². The fourth-order valence-corrected chi connectivity index (χ4v) is 2.68. The number of carbonyl (C=O) groups is 2. The molecule has 1 aromatic rings. The molecule has 0 aliphatic carbocycles. The Kier molecular flexibility index (Phi) is 4.83. The molecular formula is C16H21NO4. The summed E-state index contributed by atoms with van der Waals surface area (Å²) < 4.78 is 5.09. The van der Waals surface area contributed by atoms with Crippen molar-refractivity contribution >= 4 is 11.9 Å². The molecule has 1 aliphatic rings. The quantitative estimate of drug-likeness (QED) is 0.920. The van der Waals surface area contributed by atoms with Crippen LogP contribution in [0.3, 0.4) is 0 Å². The van der Waals surface area contributed by atoms with Crippen molar-refractivity contribution in [1.82, 2.24) is 4.90 Å². The monoisotopic (exact) mass is 291 g/mol. The zero-order valence-corrected chi connectivity index (χ0v) is 12.4. The van der Waals surface area contributed by atoms with Gasteiger partial charge in [-0.1, -0.05) is 12.1 Å². The molecule has 1 saturated heterocycles. The van der Waals surface area contributed by atoms with Gasteiger partial charge in [0.15, 0.2) is 0 Å². The van der Waals surface area contributed by atoms with Crippen molar-refractivity contribution in [2.45, 2.75) is 32.2 Å². The van der Waals surface area contributed by atoms with E-state index in [-0.39, 0.29) is 11.9 Å². The number of likely N-dealkylation sites (tertiary alicyclic amines) is 1. The largest absolute Gasteiger partial charge is 0.497 e. The normalized spacial score (nSPS) is 21.9. The lowest BCUT2D eigenvalue weighted by molar-refractivity contribution is -0.146. The smallest absolute Gasteiger partial charge is 0.308 e. The van der Waals surface area contributed by atoms with Crippen LogP contribution in [-0.4, -0.2) is 41.6 Å². The highest BCUT2D eigenvalue weighted by molar-refractivity contribution is 5.80. The van der Waals surface area contributed by atoms with E-state index in [9.17, 15) is 9.59 Å². The summed E-state index contributed by atoms with van der Waals surface area (Å²) in [7, 11) is 1.60. The molecule has 1 aliphatic heterocycles. The topological polar surface area (TPSA) is 66.8 Å². The summed E-state index contributed by atoms with van der Waals surface area (Å²) in [4.78, 5) is 25.2. The van der Waals surface area contributed by atoms with Crippen LogP contribution in [0.1, 0.15) is 25.3 Å². The highest BCUT2D eigenvalue weighted by Crippen LogP contribution is 2.23. The van der Waals surface area contributed by atoms with Crippen LogP contribution in [0.5, 0.6) is 5.75 Å². The minimum atomic E-state index is -0.816. The predicted octanol–water partition coefficient (Wildman–Crippen LogP) is 1.95. The average Bonchev–Trinajstić information content (AvgIpc) is 2.48. The van der Waals surface area contributed by atoms with Gasteiger partial charge in [-0.05, 0) is 37.5 Å². The van der Waals surface area contributed by atoms with Crippen LogP contribution >= 0.6 is 0 Å². The number of hydrogen-bond acceptors (Lipinski definition) is 3. The van der Waals surface area contributed by atoms with Crippen LogP contribution in [0.15, 0.2) is 24.3 Å². The molecule has 0 radical (unpaired) electrons. The molecule has 5 heteroatoms. The second kappa shape index (κ2) is 6.61. The van der Waals surface area contributed by atoms with Gasteiger partial charge < -0.3 is 14.7 Å². The molecule has 114 valence electrons. The van der Waals surface area contributed by atoms with E-state index < -0.39 is 11.9 Å². The molecule has 2 rings (SSSR count). The van der Waals surface area contributed by atoms with Crippen LogP contribution in [-0.2, 0) is 16.0 Å². The number of ether oxygens (including phenoxy) is 1. The molecule has 1 aromatic carbocycles. The number of methoxy groups -OCH3 is 1. The lowest BCUT2D eigenvalue weighted by atomic mass is 9.93. The summed E-state index contributed by atoms with van der Waals surface area (Å²) >= 11 is 0. The van der Waals surface area contributed by atoms with E-state index in [1.807, 2.05) is 31.2 Å². The standard InChI is InChI=1S/C16H21NO4/c1-11-3-6-13(16(19)20)10-17(11)15(18)9-12-4-7-14(21-2)8-5-12/h4-5,7-8,11,13H,3,6,9-10H2,1-2H3,(H,19,20). The number of nitrogens with zero attached hydrogens (tertiary/aromatic N) is 1.